The monoisotopic (exact) mass is 340 g/mol. The number of ether oxygens (including phenoxy) is 1. The number of hydrogen-bond acceptors (Lipinski definition) is 5. The maximum absolute atomic E-state index is 11.9. The molecule has 0 atom stereocenters. The first-order chi connectivity index (χ1) is 10.6. The molecule has 0 spiro atoms. The number of carbonyl (C=O) groups excluding carboxylic acids is 1. The summed E-state index contributed by atoms with van der Waals surface area (Å²) < 4.78 is 4.87. The molecule has 2 aromatic rings. The summed E-state index contributed by atoms with van der Waals surface area (Å²) in [7, 11) is 1.56. The van der Waals surface area contributed by atoms with Crippen LogP contribution in [0, 0.1) is 0 Å². The largest absolute Gasteiger partial charge is 0.383 e. The minimum atomic E-state index is -0.306. The van der Waals surface area contributed by atoms with Crippen molar-refractivity contribution in [3.05, 3.63) is 46.3 Å². The van der Waals surface area contributed by atoms with Crippen LogP contribution in [0.15, 0.2) is 30.6 Å². The molecule has 1 amide bonds. The molecule has 0 radical (unpaired) electrons. The third-order valence-corrected chi connectivity index (χ3v) is 3.25. The minimum Gasteiger partial charge on any atom is -0.383 e. The molecule has 22 heavy (non-hydrogen) atoms. The number of rotatable bonds is 6. The average molecular weight is 341 g/mol. The van der Waals surface area contributed by atoms with Gasteiger partial charge in [0.1, 0.15) is 17.8 Å². The van der Waals surface area contributed by atoms with Crippen molar-refractivity contribution < 1.29 is 9.53 Å². The number of nitrogens with zero attached hydrogens (tertiary/aromatic N) is 2. The van der Waals surface area contributed by atoms with Crippen molar-refractivity contribution in [1.29, 1.82) is 0 Å². The van der Waals surface area contributed by atoms with Crippen molar-refractivity contribution in [3.8, 4) is 0 Å². The Bertz CT molecular complexity index is 667. The van der Waals surface area contributed by atoms with Gasteiger partial charge in [-0.1, -0.05) is 23.2 Å². The third kappa shape index (κ3) is 4.56. The van der Waals surface area contributed by atoms with E-state index in [4.69, 9.17) is 27.9 Å². The highest BCUT2D eigenvalue weighted by atomic mass is 35.5. The van der Waals surface area contributed by atoms with E-state index < -0.39 is 0 Å². The maximum Gasteiger partial charge on any atom is 0.270 e. The number of hydrogen-bond donors (Lipinski definition) is 2. The van der Waals surface area contributed by atoms with Crippen LogP contribution in [-0.4, -0.2) is 36.1 Å². The van der Waals surface area contributed by atoms with E-state index in [-0.39, 0.29) is 11.6 Å². The van der Waals surface area contributed by atoms with E-state index in [1.807, 2.05) is 0 Å². The summed E-state index contributed by atoms with van der Waals surface area (Å²) in [4.78, 5) is 19.9. The minimum absolute atomic E-state index is 0.242. The van der Waals surface area contributed by atoms with E-state index in [1.54, 1.807) is 25.3 Å². The molecule has 8 heteroatoms. The van der Waals surface area contributed by atoms with E-state index >= 15 is 0 Å². The first-order valence-electron chi connectivity index (χ1n) is 6.41. The lowest BCUT2D eigenvalue weighted by molar-refractivity contribution is 0.0932. The quantitative estimate of drug-likeness (QED) is 0.790. The zero-order valence-corrected chi connectivity index (χ0v) is 13.3. The first kappa shape index (κ1) is 16.5. The van der Waals surface area contributed by atoms with Crippen molar-refractivity contribution in [2.24, 2.45) is 0 Å². The van der Waals surface area contributed by atoms with E-state index in [0.717, 1.165) is 0 Å². The molecule has 0 saturated carbocycles. The SMILES string of the molecule is COCCNC(=O)c1cc(Nc2cc(Cl)ccc2Cl)ncn1. The van der Waals surface area contributed by atoms with E-state index in [0.29, 0.717) is 34.7 Å². The highest BCUT2D eigenvalue weighted by Crippen LogP contribution is 2.27. The topological polar surface area (TPSA) is 76.1 Å². The van der Waals surface area contributed by atoms with Crippen LogP contribution in [0.5, 0.6) is 0 Å². The number of benzene rings is 1. The molecule has 2 rings (SSSR count). The van der Waals surface area contributed by atoms with Gasteiger partial charge in [0.25, 0.3) is 5.91 Å². The van der Waals surface area contributed by atoms with Crippen molar-refractivity contribution in [3.63, 3.8) is 0 Å². The normalized spacial score (nSPS) is 10.3. The number of nitrogens with one attached hydrogen (secondary N) is 2. The molecule has 6 nitrogen and oxygen atoms in total. The summed E-state index contributed by atoms with van der Waals surface area (Å²) in [6, 6.07) is 6.55. The van der Waals surface area contributed by atoms with Gasteiger partial charge in [-0.3, -0.25) is 4.79 Å². The van der Waals surface area contributed by atoms with Gasteiger partial charge in [-0.05, 0) is 18.2 Å². The highest BCUT2D eigenvalue weighted by Gasteiger charge is 2.09. The molecule has 1 aromatic carbocycles. The van der Waals surface area contributed by atoms with Crippen molar-refractivity contribution >= 4 is 40.6 Å². The van der Waals surface area contributed by atoms with Crippen LogP contribution in [-0.2, 0) is 4.74 Å². The summed E-state index contributed by atoms with van der Waals surface area (Å²) in [5.41, 5.74) is 0.838. The van der Waals surface area contributed by atoms with E-state index in [1.165, 1.54) is 12.4 Å². The average Bonchev–Trinajstić information content (AvgIpc) is 2.51. The Balaban J connectivity index is 2.11. The molecule has 0 bridgehead atoms. The third-order valence-electron chi connectivity index (χ3n) is 2.68. The molecular formula is C14H14Cl2N4O2. The number of anilines is 2. The Labute approximate surface area is 137 Å². The second-order valence-corrected chi connectivity index (χ2v) is 5.13. The van der Waals surface area contributed by atoms with Crippen LogP contribution < -0.4 is 10.6 Å². The summed E-state index contributed by atoms with van der Waals surface area (Å²) in [5.74, 6) is 0.135. The fourth-order valence-corrected chi connectivity index (χ4v) is 1.98. The summed E-state index contributed by atoms with van der Waals surface area (Å²) >= 11 is 12.0. The molecule has 0 unspecified atom stereocenters. The number of halogens is 2. The molecule has 1 heterocycles. The van der Waals surface area contributed by atoms with Crippen LogP contribution in [0.3, 0.4) is 0 Å². The molecule has 0 aliphatic heterocycles. The van der Waals surface area contributed by atoms with Gasteiger partial charge < -0.3 is 15.4 Å². The molecule has 2 N–H and O–H groups in total. The predicted molar refractivity (Wildman–Crippen MR) is 86.0 cm³/mol. The second kappa shape index (κ2) is 7.93. The van der Waals surface area contributed by atoms with Crippen molar-refractivity contribution in [2.45, 2.75) is 0 Å². The lowest BCUT2D eigenvalue weighted by Gasteiger charge is -2.09. The molecule has 0 aliphatic rings. The first-order valence-corrected chi connectivity index (χ1v) is 7.17. The van der Waals surface area contributed by atoms with Crippen LogP contribution in [0.4, 0.5) is 11.5 Å². The second-order valence-electron chi connectivity index (χ2n) is 4.29. The van der Waals surface area contributed by atoms with Crippen LogP contribution in [0.25, 0.3) is 0 Å². The summed E-state index contributed by atoms with van der Waals surface area (Å²) in [5, 5.41) is 6.72. The Morgan fingerprint density at radius 3 is 2.86 bits per heavy atom. The fraction of sp³-hybridized carbons (Fsp3) is 0.214. The van der Waals surface area contributed by atoms with Gasteiger partial charge in [0.15, 0.2) is 0 Å². The Morgan fingerprint density at radius 2 is 2.09 bits per heavy atom. The lowest BCUT2D eigenvalue weighted by atomic mass is 10.3. The molecular weight excluding hydrogens is 327 g/mol. The van der Waals surface area contributed by atoms with Crippen LogP contribution in [0.2, 0.25) is 10.0 Å². The van der Waals surface area contributed by atoms with Crippen molar-refractivity contribution in [2.75, 3.05) is 25.6 Å². The van der Waals surface area contributed by atoms with Crippen molar-refractivity contribution in [1.82, 2.24) is 15.3 Å². The van der Waals surface area contributed by atoms with Crippen LogP contribution >= 0.6 is 23.2 Å². The van der Waals surface area contributed by atoms with Gasteiger partial charge in [0.2, 0.25) is 0 Å². The van der Waals surface area contributed by atoms with Gasteiger partial charge in [-0.15, -0.1) is 0 Å². The van der Waals surface area contributed by atoms with E-state index in [9.17, 15) is 4.79 Å². The fourth-order valence-electron chi connectivity index (χ4n) is 1.64. The molecule has 116 valence electrons. The Hall–Kier alpha value is -1.89. The maximum atomic E-state index is 11.9. The number of amides is 1. The van der Waals surface area contributed by atoms with Gasteiger partial charge >= 0.3 is 0 Å². The number of aromatic nitrogens is 2. The Kier molecular flexibility index (Phi) is 5.94. The number of methoxy groups -OCH3 is 1. The molecule has 0 saturated heterocycles. The van der Waals surface area contributed by atoms with Gasteiger partial charge in [0, 0.05) is 24.7 Å². The molecule has 1 aromatic heterocycles. The lowest BCUT2D eigenvalue weighted by Crippen LogP contribution is -2.27. The predicted octanol–water partition coefficient (Wildman–Crippen LogP) is 2.90. The summed E-state index contributed by atoms with van der Waals surface area (Å²) in [6.45, 7) is 0.836. The van der Waals surface area contributed by atoms with Gasteiger partial charge in [-0.2, -0.15) is 0 Å². The molecule has 0 aliphatic carbocycles. The van der Waals surface area contributed by atoms with Gasteiger partial charge in [-0.25, -0.2) is 9.97 Å². The highest BCUT2D eigenvalue weighted by molar-refractivity contribution is 6.35. The molecule has 0 fully saturated rings. The zero-order chi connectivity index (χ0) is 15.9. The van der Waals surface area contributed by atoms with Gasteiger partial charge in [0.05, 0.1) is 17.3 Å². The Morgan fingerprint density at radius 1 is 1.27 bits per heavy atom. The van der Waals surface area contributed by atoms with E-state index in [2.05, 4.69) is 20.6 Å². The smallest absolute Gasteiger partial charge is 0.270 e. The van der Waals surface area contributed by atoms with Crippen LogP contribution in [0.1, 0.15) is 10.5 Å². The summed E-state index contributed by atoms with van der Waals surface area (Å²) in [6.07, 6.45) is 1.30. The zero-order valence-electron chi connectivity index (χ0n) is 11.8. The number of carbonyl (C=O) groups is 1. The standard InChI is InChI=1S/C14H14Cl2N4O2/c1-22-5-4-17-14(21)12-7-13(19-8-18-12)20-11-6-9(15)2-3-10(11)16/h2-3,6-8H,4-5H2,1H3,(H,17,21)(H,18,19,20).